The van der Waals surface area contributed by atoms with Gasteiger partial charge in [-0.25, -0.2) is 9.80 Å². The molecule has 2 N–H and O–H groups in total. The Morgan fingerprint density at radius 3 is 2.44 bits per heavy atom. The van der Waals surface area contributed by atoms with Crippen molar-refractivity contribution in [1.82, 2.24) is 25.1 Å². The molecule has 0 radical (unpaired) electrons. The Balaban J connectivity index is 1.82. The quantitative estimate of drug-likeness (QED) is 0.423. The molecular formula is C28H30F3N5O5. The van der Waals surface area contributed by atoms with Crippen LogP contribution in [0.1, 0.15) is 29.5 Å². The number of hydrogen-bond acceptors (Lipinski definition) is 5. The van der Waals surface area contributed by atoms with Gasteiger partial charge >= 0.3 is 18.2 Å². The molecule has 2 aromatic rings. The average molecular weight is 574 g/mol. The van der Waals surface area contributed by atoms with E-state index in [2.05, 4.69) is 11.2 Å². The number of urea groups is 1. The van der Waals surface area contributed by atoms with Gasteiger partial charge in [0.25, 0.3) is 0 Å². The molecule has 218 valence electrons. The van der Waals surface area contributed by atoms with Crippen LogP contribution in [0.5, 0.6) is 0 Å². The Labute approximate surface area is 235 Å². The van der Waals surface area contributed by atoms with E-state index in [1.807, 2.05) is 30.3 Å². The van der Waals surface area contributed by atoms with Gasteiger partial charge in [-0.3, -0.25) is 14.4 Å². The Morgan fingerprint density at radius 1 is 1.12 bits per heavy atom. The molecule has 1 heterocycles. The topological polar surface area (TPSA) is 114 Å². The van der Waals surface area contributed by atoms with Gasteiger partial charge in [-0.2, -0.15) is 18.2 Å². The molecule has 0 aliphatic carbocycles. The Kier molecular flexibility index (Phi) is 10.3. The summed E-state index contributed by atoms with van der Waals surface area (Å²) in [7, 11) is 1.35. The van der Waals surface area contributed by atoms with E-state index >= 15 is 0 Å². The SMILES string of the molecule is C#CCN1CC(=O)N(C(CCC(=O)O)C(=O)N(C)Cc2cccc(C(F)(F)F)c2)CN1C(=O)NCc1ccccc1. The van der Waals surface area contributed by atoms with Gasteiger partial charge in [0.05, 0.1) is 18.7 Å². The van der Waals surface area contributed by atoms with Crippen molar-refractivity contribution in [2.24, 2.45) is 0 Å². The van der Waals surface area contributed by atoms with Crippen LogP contribution in [0.4, 0.5) is 18.0 Å². The van der Waals surface area contributed by atoms with Crippen LogP contribution in [0, 0.1) is 12.3 Å². The van der Waals surface area contributed by atoms with Gasteiger partial charge in [0, 0.05) is 26.6 Å². The predicted octanol–water partition coefficient (Wildman–Crippen LogP) is 2.76. The minimum Gasteiger partial charge on any atom is -0.481 e. The van der Waals surface area contributed by atoms with Crippen molar-refractivity contribution in [2.75, 3.05) is 26.8 Å². The van der Waals surface area contributed by atoms with Crippen molar-refractivity contribution < 1.29 is 37.5 Å². The van der Waals surface area contributed by atoms with E-state index in [0.717, 1.165) is 27.5 Å². The summed E-state index contributed by atoms with van der Waals surface area (Å²) in [6.45, 7) is -0.874. The molecule has 0 bridgehead atoms. The zero-order valence-electron chi connectivity index (χ0n) is 22.3. The summed E-state index contributed by atoms with van der Waals surface area (Å²) in [5, 5.41) is 14.5. The van der Waals surface area contributed by atoms with Crippen molar-refractivity contribution in [2.45, 2.75) is 38.1 Å². The first-order valence-electron chi connectivity index (χ1n) is 12.6. The molecule has 0 saturated carbocycles. The lowest BCUT2D eigenvalue weighted by atomic mass is 10.1. The number of hydrogen-bond donors (Lipinski definition) is 2. The van der Waals surface area contributed by atoms with Crippen molar-refractivity contribution in [3.8, 4) is 12.3 Å². The number of nitrogens with zero attached hydrogens (tertiary/aromatic N) is 4. The molecule has 41 heavy (non-hydrogen) atoms. The number of aliphatic carboxylic acids is 1. The molecule has 2 aromatic carbocycles. The van der Waals surface area contributed by atoms with Gasteiger partial charge in [0.15, 0.2) is 0 Å². The number of halogens is 3. The number of nitrogens with one attached hydrogen (secondary N) is 1. The number of likely N-dealkylation sites (N-methyl/N-ethyl adjacent to an activating group) is 1. The highest BCUT2D eigenvalue weighted by Gasteiger charge is 2.40. The molecule has 1 saturated heterocycles. The number of amides is 4. The normalized spacial score (nSPS) is 14.8. The van der Waals surface area contributed by atoms with Crippen molar-refractivity contribution in [3.05, 3.63) is 71.3 Å². The van der Waals surface area contributed by atoms with Crippen LogP contribution in [0.2, 0.25) is 0 Å². The van der Waals surface area contributed by atoms with E-state index in [0.29, 0.717) is 0 Å². The monoisotopic (exact) mass is 573 g/mol. The third-order valence-electron chi connectivity index (χ3n) is 6.40. The van der Waals surface area contributed by atoms with E-state index in [4.69, 9.17) is 6.42 Å². The lowest BCUT2D eigenvalue weighted by molar-refractivity contribution is -0.163. The van der Waals surface area contributed by atoms with Gasteiger partial charge < -0.3 is 20.2 Å². The summed E-state index contributed by atoms with van der Waals surface area (Å²) < 4.78 is 39.5. The lowest BCUT2D eigenvalue weighted by Gasteiger charge is -2.45. The van der Waals surface area contributed by atoms with Gasteiger partial charge in [-0.15, -0.1) is 6.42 Å². The van der Waals surface area contributed by atoms with Gasteiger partial charge in [-0.05, 0) is 29.7 Å². The first kappa shape index (κ1) is 31.0. The highest BCUT2D eigenvalue weighted by molar-refractivity contribution is 5.90. The van der Waals surface area contributed by atoms with E-state index in [9.17, 15) is 37.5 Å². The Bertz CT molecular complexity index is 1300. The summed E-state index contributed by atoms with van der Waals surface area (Å²) in [5.41, 5.74) is 0.134. The first-order valence-corrected chi connectivity index (χ1v) is 12.6. The predicted molar refractivity (Wildman–Crippen MR) is 141 cm³/mol. The fourth-order valence-corrected chi connectivity index (χ4v) is 4.35. The Morgan fingerprint density at radius 2 is 1.80 bits per heavy atom. The second kappa shape index (κ2) is 13.7. The molecule has 1 unspecified atom stereocenters. The van der Waals surface area contributed by atoms with Crippen LogP contribution in [-0.4, -0.2) is 81.6 Å². The van der Waals surface area contributed by atoms with Crippen LogP contribution >= 0.6 is 0 Å². The highest BCUT2D eigenvalue weighted by Crippen LogP contribution is 2.30. The molecule has 1 fully saturated rings. The molecule has 4 amide bonds. The molecule has 13 heteroatoms. The number of terminal acetylenes is 1. The number of hydrazine groups is 1. The van der Waals surface area contributed by atoms with E-state index in [-0.39, 0.29) is 38.2 Å². The molecule has 0 spiro atoms. The second-order valence-corrected chi connectivity index (χ2v) is 9.42. The number of alkyl halides is 3. The zero-order valence-corrected chi connectivity index (χ0v) is 22.3. The summed E-state index contributed by atoms with van der Waals surface area (Å²) in [4.78, 5) is 53.4. The van der Waals surface area contributed by atoms with Crippen LogP contribution in [0.25, 0.3) is 0 Å². The fourth-order valence-electron chi connectivity index (χ4n) is 4.35. The largest absolute Gasteiger partial charge is 0.481 e. The highest BCUT2D eigenvalue weighted by atomic mass is 19.4. The van der Waals surface area contributed by atoms with Crippen molar-refractivity contribution in [3.63, 3.8) is 0 Å². The molecule has 3 rings (SSSR count). The van der Waals surface area contributed by atoms with E-state index < -0.39 is 54.7 Å². The second-order valence-electron chi connectivity index (χ2n) is 9.42. The third kappa shape index (κ3) is 8.46. The fraction of sp³-hybridized carbons (Fsp3) is 0.357. The zero-order chi connectivity index (χ0) is 30.2. The van der Waals surface area contributed by atoms with E-state index in [1.54, 1.807) is 0 Å². The summed E-state index contributed by atoms with van der Waals surface area (Å²) >= 11 is 0. The first-order chi connectivity index (χ1) is 19.4. The molecule has 1 aliphatic heterocycles. The lowest BCUT2D eigenvalue weighted by Crippen LogP contribution is -2.66. The van der Waals surface area contributed by atoms with Gasteiger partial charge in [0.2, 0.25) is 11.8 Å². The maximum absolute atomic E-state index is 13.5. The maximum Gasteiger partial charge on any atom is 0.416 e. The standard InChI is InChI=1S/C28H30F3N5O5/c1-3-14-34-18-24(37)35(19-36(34)27(41)32-16-20-8-5-4-6-9-20)23(12-13-25(38)39)26(40)33(2)17-21-10-7-11-22(15-21)28(29,30)31/h1,4-11,15,23H,12-14,16-19H2,2H3,(H,32,41)(H,38,39). The number of carboxylic acids is 1. The van der Waals surface area contributed by atoms with Crippen LogP contribution in [0.15, 0.2) is 54.6 Å². The van der Waals surface area contributed by atoms with E-state index in [1.165, 1.54) is 29.2 Å². The van der Waals surface area contributed by atoms with Crippen LogP contribution < -0.4 is 5.32 Å². The molecule has 0 aromatic heterocycles. The number of carboxylic acid groups (broad SMARTS) is 1. The number of carbonyl (C=O) groups excluding carboxylic acids is 3. The van der Waals surface area contributed by atoms with Gasteiger partial charge in [0.1, 0.15) is 12.7 Å². The third-order valence-corrected chi connectivity index (χ3v) is 6.40. The summed E-state index contributed by atoms with van der Waals surface area (Å²) in [6, 6.07) is 11.6. The van der Waals surface area contributed by atoms with Gasteiger partial charge in [-0.1, -0.05) is 48.4 Å². The smallest absolute Gasteiger partial charge is 0.416 e. The summed E-state index contributed by atoms with van der Waals surface area (Å²) in [5.74, 6) is -0.0784. The van der Waals surface area contributed by atoms with Crippen molar-refractivity contribution in [1.29, 1.82) is 0 Å². The number of carbonyl (C=O) groups is 4. The minimum atomic E-state index is -4.57. The minimum absolute atomic E-state index is 0.0818. The number of rotatable bonds is 10. The average Bonchev–Trinajstić information content (AvgIpc) is 2.93. The Hall–Kier alpha value is -4.57. The van der Waals surface area contributed by atoms with Crippen LogP contribution in [0.3, 0.4) is 0 Å². The maximum atomic E-state index is 13.5. The molecular weight excluding hydrogens is 543 g/mol. The molecule has 1 aliphatic rings. The molecule has 10 nitrogen and oxygen atoms in total. The van der Waals surface area contributed by atoms with Crippen molar-refractivity contribution >= 4 is 23.8 Å². The summed E-state index contributed by atoms with van der Waals surface area (Å²) in [6.07, 6.45) is 0.120. The molecule has 1 atom stereocenters. The number of benzene rings is 2. The van der Waals surface area contributed by atoms with Crippen LogP contribution in [-0.2, 0) is 33.6 Å².